The summed E-state index contributed by atoms with van der Waals surface area (Å²) < 4.78 is 0. The molecule has 0 aliphatic carbocycles. The lowest BCUT2D eigenvalue weighted by atomic mass is 9.84. The lowest BCUT2D eigenvalue weighted by Crippen LogP contribution is -2.47. The van der Waals surface area contributed by atoms with Gasteiger partial charge in [0.05, 0.1) is 0 Å². The molecule has 1 unspecified atom stereocenters. The van der Waals surface area contributed by atoms with Gasteiger partial charge < -0.3 is 4.90 Å². The first-order valence-corrected chi connectivity index (χ1v) is 8.29. The number of hydrogen-bond acceptors (Lipinski definition) is 1. The summed E-state index contributed by atoms with van der Waals surface area (Å²) in [4.78, 5) is 14.9. The topological polar surface area (TPSA) is 20.3 Å². The molecule has 2 rings (SSSR count). The summed E-state index contributed by atoms with van der Waals surface area (Å²) >= 11 is 0. The summed E-state index contributed by atoms with van der Waals surface area (Å²) in [7, 11) is 0. The fourth-order valence-corrected chi connectivity index (χ4v) is 3.49. The smallest absolute Gasteiger partial charge is 0.249 e. The molecule has 0 N–H and O–H groups in total. The van der Waals surface area contributed by atoms with Gasteiger partial charge in [0.15, 0.2) is 0 Å². The maximum absolute atomic E-state index is 12.7. The quantitative estimate of drug-likeness (QED) is 0.693. The first-order valence-electron chi connectivity index (χ1n) is 8.29. The van der Waals surface area contributed by atoms with Crippen LogP contribution < -0.4 is 0 Å². The third-order valence-corrected chi connectivity index (χ3v) is 4.67. The van der Waals surface area contributed by atoms with E-state index < -0.39 is 0 Å². The summed E-state index contributed by atoms with van der Waals surface area (Å²) in [5.41, 5.74) is 2.69. The number of carbonyl (C=O) groups is 1. The number of hydrogen-bond donors (Lipinski definition) is 0. The first kappa shape index (κ1) is 14.6. The molecule has 0 aromatic heterocycles. The molecule has 2 nitrogen and oxygen atoms in total. The maximum Gasteiger partial charge on any atom is 0.249 e. The molecule has 2 aliphatic rings. The van der Waals surface area contributed by atoms with Crippen molar-refractivity contribution in [3.8, 4) is 0 Å². The van der Waals surface area contributed by atoms with Crippen molar-refractivity contribution in [3.63, 3.8) is 0 Å². The molecule has 0 radical (unpaired) electrons. The highest BCUT2D eigenvalue weighted by atomic mass is 16.2. The van der Waals surface area contributed by atoms with Crippen molar-refractivity contribution in [2.45, 2.75) is 84.1 Å². The second kappa shape index (κ2) is 7.12. The number of nitrogens with zero attached hydrogens (tertiary/aromatic N) is 1. The van der Waals surface area contributed by atoms with Crippen LogP contribution in [0.5, 0.6) is 0 Å². The molecule has 2 aliphatic heterocycles. The fraction of sp³-hybridized carbons (Fsp3) is 0.824. The van der Waals surface area contributed by atoms with Crippen LogP contribution in [0.2, 0.25) is 0 Å². The third-order valence-electron chi connectivity index (χ3n) is 4.67. The lowest BCUT2D eigenvalue weighted by Gasteiger charge is -2.41. The maximum atomic E-state index is 12.7. The number of rotatable bonds is 6. The molecule has 2 heterocycles. The summed E-state index contributed by atoms with van der Waals surface area (Å²) in [6.45, 7) is 5.45. The van der Waals surface area contributed by atoms with Gasteiger partial charge in [-0.05, 0) is 51.4 Å². The van der Waals surface area contributed by atoms with Crippen molar-refractivity contribution in [2.75, 3.05) is 6.54 Å². The highest BCUT2D eigenvalue weighted by molar-refractivity contribution is 5.95. The monoisotopic (exact) mass is 263 g/mol. The minimum atomic E-state index is 0.385. The second-order valence-electron chi connectivity index (χ2n) is 6.14. The summed E-state index contributed by atoms with van der Waals surface area (Å²) in [6.07, 6.45) is 11.9. The van der Waals surface area contributed by atoms with Gasteiger partial charge in [-0.25, -0.2) is 0 Å². The highest BCUT2D eigenvalue weighted by Gasteiger charge is 2.34. The number of piperidine rings is 1. The SMILES string of the molecule is CCCCC1=C(CCCC)C(=O)N2CCCCC2C1. The van der Waals surface area contributed by atoms with E-state index in [0.717, 1.165) is 25.8 Å². The first-order chi connectivity index (χ1) is 9.27. The zero-order valence-electron chi connectivity index (χ0n) is 12.7. The van der Waals surface area contributed by atoms with Crippen molar-refractivity contribution < 1.29 is 4.79 Å². The van der Waals surface area contributed by atoms with Crippen LogP contribution in [-0.2, 0) is 4.79 Å². The van der Waals surface area contributed by atoms with Crippen LogP contribution in [0, 0.1) is 0 Å². The van der Waals surface area contributed by atoms with Crippen molar-refractivity contribution in [1.82, 2.24) is 4.90 Å². The number of carbonyl (C=O) groups excluding carboxylic acids is 1. The van der Waals surface area contributed by atoms with Crippen LogP contribution in [0.15, 0.2) is 11.1 Å². The Hall–Kier alpha value is -0.790. The van der Waals surface area contributed by atoms with Crippen molar-refractivity contribution in [1.29, 1.82) is 0 Å². The third kappa shape index (κ3) is 3.40. The predicted molar refractivity (Wildman–Crippen MR) is 80.0 cm³/mol. The minimum absolute atomic E-state index is 0.385. The molecule has 0 saturated carbocycles. The Kier molecular flexibility index (Phi) is 5.47. The lowest BCUT2D eigenvalue weighted by molar-refractivity contribution is -0.132. The average molecular weight is 263 g/mol. The van der Waals surface area contributed by atoms with Crippen molar-refractivity contribution >= 4 is 5.91 Å². The van der Waals surface area contributed by atoms with Gasteiger partial charge in [0.25, 0.3) is 0 Å². The van der Waals surface area contributed by atoms with Gasteiger partial charge in [-0.2, -0.15) is 0 Å². The van der Waals surface area contributed by atoms with Gasteiger partial charge in [0.2, 0.25) is 5.91 Å². The molecule has 0 spiro atoms. The highest BCUT2D eigenvalue weighted by Crippen LogP contribution is 2.34. The molecule has 19 heavy (non-hydrogen) atoms. The Morgan fingerprint density at radius 2 is 1.84 bits per heavy atom. The van der Waals surface area contributed by atoms with E-state index in [1.165, 1.54) is 56.1 Å². The van der Waals surface area contributed by atoms with Gasteiger partial charge in [0, 0.05) is 18.2 Å². The molecule has 0 aromatic rings. The zero-order valence-corrected chi connectivity index (χ0v) is 12.7. The zero-order chi connectivity index (χ0) is 13.7. The van der Waals surface area contributed by atoms with E-state index in [9.17, 15) is 4.79 Å². The summed E-state index contributed by atoms with van der Waals surface area (Å²) in [6, 6.07) is 0.526. The van der Waals surface area contributed by atoms with E-state index in [1.54, 1.807) is 0 Å². The minimum Gasteiger partial charge on any atom is -0.336 e. The average Bonchev–Trinajstić information content (AvgIpc) is 2.44. The standard InChI is InChI=1S/C17H29NO/c1-3-5-9-14-13-15-10-7-8-12-18(15)17(19)16(14)11-6-4-2/h15H,3-13H2,1-2H3. The molecular weight excluding hydrogens is 234 g/mol. The Bertz CT molecular complexity index is 345. The van der Waals surface area contributed by atoms with Crippen LogP contribution in [0.25, 0.3) is 0 Å². The van der Waals surface area contributed by atoms with E-state index in [1.807, 2.05) is 0 Å². The number of fused-ring (bicyclic) bond motifs is 1. The van der Waals surface area contributed by atoms with Crippen LogP contribution in [0.1, 0.15) is 78.1 Å². The molecule has 0 bridgehead atoms. The van der Waals surface area contributed by atoms with Crippen molar-refractivity contribution in [3.05, 3.63) is 11.1 Å². The molecule has 1 atom stereocenters. The van der Waals surface area contributed by atoms with E-state index >= 15 is 0 Å². The Morgan fingerprint density at radius 1 is 1.11 bits per heavy atom. The van der Waals surface area contributed by atoms with Gasteiger partial charge >= 0.3 is 0 Å². The largest absolute Gasteiger partial charge is 0.336 e. The van der Waals surface area contributed by atoms with Crippen LogP contribution in [0.3, 0.4) is 0 Å². The van der Waals surface area contributed by atoms with Gasteiger partial charge in [-0.15, -0.1) is 0 Å². The molecule has 108 valence electrons. The van der Waals surface area contributed by atoms with Crippen LogP contribution >= 0.6 is 0 Å². The van der Waals surface area contributed by atoms with E-state index in [2.05, 4.69) is 18.7 Å². The molecule has 2 heteroatoms. The summed E-state index contributed by atoms with van der Waals surface area (Å²) in [5.74, 6) is 0.385. The van der Waals surface area contributed by atoms with Crippen LogP contribution in [0.4, 0.5) is 0 Å². The van der Waals surface area contributed by atoms with Gasteiger partial charge in [-0.1, -0.05) is 32.3 Å². The molecular formula is C17H29NO. The van der Waals surface area contributed by atoms with Crippen LogP contribution in [-0.4, -0.2) is 23.4 Å². The predicted octanol–water partition coefficient (Wildman–Crippen LogP) is 4.45. The Balaban J connectivity index is 2.16. The second-order valence-corrected chi connectivity index (χ2v) is 6.14. The van der Waals surface area contributed by atoms with Gasteiger partial charge in [-0.3, -0.25) is 4.79 Å². The Labute approximate surface area is 118 Å². The van der Waals surface area contributed by atoms with E-state index in [-0.39, 0.29) is 0 Å². The van der Waals surface area contributed by atoms with E-state index in [4.69, 9.17) is 0 Å². The number of amides is 1. The molecule has 0 aromatic carbocycles. The molecule has 1 fully saturated rings. The van der Waals surface area contributed by atoms with E-state index in [0.29, 0.717) is 11.9 Å². The normalized spacial score (nSPS) is 23.8. The summed E-state index contributed by atoms with van der Waals surface area (Å²) in [5, 5.41) is 0. The molecule has 1 amide bonds. The van der Waals surface area contributed by atoms with Gasteiger partial charge in [0.1, 0.15) is 0 Å². The number of unbranched alkanes of at least 4 members (excludes halogenated alkanes) is 2. The van der Waals surface area contributed by atoms with Crippen molar-refractivity contribution in [2.24, 2.45) is 0 Å². The molecule has 1 saturated heterocycles. The fourth-order valence-electron chi connectivity index (χ4n) is 3.49. The Morgan fingerprint density at radius 3 is 2.58 bits per heavy atom.